The van der Waals surface area contributed by atoms with Crippen LogP contribution in [-0.2, 0) is 0 Å². The van der Waals surface area contributed by atoms with E-state index in [1.54, 1.807) is 0 Å². The quantitative estimate of drug-likeness (QED) is 0.713. The fourth-order valence-electron chi connectivity index (χ4n) is 2.71. The molecule has 0 heterocycles. The van der Waals surface area contributed by atoms with E-state index in [1.807, 2.05) is 0 Å². The monoisotopic (exact) mass is 267 g/mol. The van der Waals surface area contributed by atoms with Crippen molar-refractivity contribution >= 4 is 11.4 Å². The number of anilines is 2. The van der Waals surface area contributed by atoms with Crippen LogP contribution in [0.15, 0.2) is 24.3 Å². The second-order valence-corrected chi connectivity index (χ2v) is 5.99. The van der Waals surface area contributed by atoms with Crippen LogP contribution in [0.1, 0.15) is 33.4 Å². The number of nitrogens with zero attached hydrogens (tertiary/aromatic N) is 1. The Hall–Kier alpha value is -1.76. The van der Waals surface area contributed by atoms with E-state index in [9.17, 15) is 0 Å². The highest BCUT2D eigenvalue weighted by Crippen LogP contribution is 2.31. The number of hydrogen-bond acceptors (Lipinski definition) is 1. The van der Waals surface area contributed by atoms with Crippen molar-refractivity contribution in [1.82, 2.24) is 0 Å². The average molecular weight is 267 g/mol. The summed E-state index contributed by atoms with van der Waals surface area (Å²) in [7, 11) is 2.16. The Morgan fingerprint density at radius 2 is 1.15 bits per heavy atom. The molecular weight excluding hydrogens is 242 g/mol. The molecule has 20 heavy (non-hydrogen) atoms. The van der Waals surface area contributed by atoms with E-state index in [4.69, 9.17) is 0 Å². The number of rotatable bonds is 2. The lowest BCUT2D eigenvalue weighted by Gasteiger charge is -2.25. The molecule has 0 bridgehead atoms. The van der Waals surface area contributed by atoms with Crippen LogP contribution < -0.4 is 4.90 Å². The van der Waals surface area contributed by atoms with Gasteiger partial charge in [0.15, 0.2) is 0 Å². The minimum atomic E-state index is 1.26. The minimum absolute atomic E-state index is 1.26. The third-order valence-corrected chi connectivity index (χ3v) is 4.44. The Morgan fingerprint density at radius 1 is 0.650 bits per heavy atom. The lowest BCUT2D eigenvalue weighted by atomic mass is 10.0. The maximum Gasteiger partial charge on any atom is 0.0443 e. The van der Waals surface area contributed by atoms with Gasteiger partial charge in [-0.3, -0.25) is 0 Å². The van der Waals surface area contributed by atoms with Crippen molar-refractivity contribution in [2.24, 2.45) is 0 Å². The van der Waals surface area contributed by atoms with Crippen LogP contribution in [0.25, 0.3) is 0 Å². The summed E-state index contributed by atoms with van der Waals surface area (Å²) in [6.45, 7) is 13.1. The molecule has 2 aromatic rings. The molecule has 106 valence electrons. The molecule has 2 aromatic carbocycles. The summed E-state index contributed by atoms with van der Waals surface area (Å²) < 4.78 is 0. The van der Waals surface area contributed by atoms with Crippen molar-refractivity contribution < 1.29 is 0 Å². The third-order valence-electron chi connectivity index (χ3n) is 4.44. The van der Waals surface area contributed by atoms with E-state index in [0.29, 0.717) is 0 Å². The van der Waals surface area contributed by atoms with Gasteiger partial charge in [-0.25, -0.2) is 0 Å². The van der Waals surface area contributed by atoms with Crippen LogP contribution >= 0.6 is 0 Å². The van der Waals surface area contributed by atoms with E-state index in [-0.39, 0.29) is 0 Å². The summed E-state index contributed by atoms with van der Waals surface area (Å²) in [6, 6.07) is 9.07. The van der Waals surface area contributed by atoms with Crippen molar-refractivity contribution in [3.63, 3.8) is 0 Å². The molecule has 0 unspecified atom stereocenters. The Bertz CT molecular complexity index is 630. The van der Waals surface area contributed by atoms with Crippen LogP contribution in [-0.4, -0.2) is 7.05 Å². The summed E-state index contributed by atoms with van der Waals surface area (Å²) >= 11 is 0. The maximum atomic E-state index is 2.30. The first-order chi connectivity index (χ1) is 9.31. The molecule has 1 heteroatoms. The molecule has 0 aliphatic carbocycles. The van der Waals surface area contributed by atoms with Gasteiger partial charge in [0.1, 0.15) is 0 Å². The first-order valence-electron chi connectivity index (χ1n) is 7.20. The predicted octanol–water partition coefficient (Wildman–Crippen LogP) is 5.31. The fraction of sp³-hybridized carbons (Fsp3) is 0.368. The summed E-state index contributed by atoms with van der Waals surface area (Å²) in [4.78, 5) is 2.30. The van der Waals surface area contributed by atoms with Gasteiger partial charge >= 0.3 is 0 Å². The number of benzene rings is 2. The van der Waals surface area contributed by atoms with Crippen LogP contribution in [0, 0.1) is 41.5 Å². The zero-order valence-corrected chi connectivity index (χ0v) is 13.8. The van der Waals surface area contributed by atoms with Gasteiger partial charge in [-0.05, 0) is 93.1 Å². The lowest BCUT2D eigenvalue weighted by molar-refractivity contribution is 1.14. The average Bonchev–Trinajstić information content (AvgIpc) is 2.38. The SMILES string of the molecule is Cc1cc(C)c(C)c(N(C)c2cc(C)c(C)c(C)c2)c1. The van der Waals surface area contributed by atoms with Gasteiger partial charge in [-0.15, -0.1) is 0 Å². The largest absolute Gasteiger partial charge is 0.344 e. The van der Waals surface area contributed by atoms with Gasteiger partial charge in [-0.1, -0.05) is 6.07 Å². The summed E-state index contributed by atoms with van der Waals surface area (Å²) in [6.07, 6.45) is 0. The second-order valence-electron chi connectivity index (χ2n) is 5.99. The van der Waals surface area contributed by atoms with Gasteiger partial charge in [0.25, 0.3) is 0 Å². The topological polar surface area (TPSA) is 3.24 Å². The molecule has 0 saturated heterocycles. The van der Waals surface area contributed by atoms with E-state index < -0.39 is 0 Å². The molecule has 0 amide bonds. The van der Waals surface area contributed by atoms with Crippen LogP contribution in [0.3, 0.4) is 0 Å². The molecule has 0 fully saturated rings. The van der Waals surface area contributed by atoms with Gasteiger partial charge < -0.3 is 4.90 Å². The molecule has 0 aromatic heterocycles. The smallest absolute Gasteiger partial charge is 0.0443 e. The fourth-order valence-corrected chi connectivity index (χ4v) is 2.71. The molecular formula is C19H25N. The van der Waals surface area contributed by atoms with Crippen molar-refractivity contribution in [2.45, 2.75) is 41.5 Å². The van der Waals surface area contributed by atoms with E-state index in [2.05, 4.69) is 77.8 Å². The van der Waals surface area contributed by atoms with E-state index in [1.165, 1.54) is 44.8 Å². The second kappa shape index (κ2) is 5.32. The summed E-state index contributed by atoms with van der Waals surface area (Å²) in [5, 5.41) is 0. The van der Waals surface area contributed by atoms with Crippen LogP contribution in [0.5, 0.6) is 0 Å². The van der Waals surface area contributed by atoms with E-state index >= 15 is 0 Å². The van der Waals surface area contributed by atoms with Gasteiger partial charge in [0, 0.05) is 18.4 Å². The van der Waals surface area contributed by atoms with Gasteiger partial charge in [0.05, 0.1) is 0 Å². The van der Waals surface area contributed by atoms with E-state index in [0.717, 1.165) is 0 Å². The van der Waals surface area contributed by atoms with Crippen LogP contribution in [0.4, 0.5) is 11.4 Å². The Morgan fingerprint density at radius 3 is 1.70 bits per heavy atom. The highest BCUT2D eigenvalue weighted by Gasteiger charge is 2.11. The zero-order chi connectivity index (χ0) is 15.0. The molecule has 0 saturated carbocycles. The van der Waals surface area contributed by atoms with Crippen molar-refractivity contribution in [3.8, 4) is 0 Å². The molecule has 2 rings (SSSR count). The summed E-state index contributed by atoms with van der Waals surface area (Å²) in [5.41, 5.74) is 10.7. The normalized spacial score (nSPS) is 10.8. The van der Waals surface area contributed by atoms with Crippen molar-refractivity contribution in [2.75, 3.05) is 11.9 Å². The molecule has 0 spiro atoms. The molecule has 0 aliphatic rings. The Balaban J connectivity index is 2.54. The summed E-state index contributed by atoms with van der Waals surface area (Å²) in [5.74, 6) is 0. The highest BCUT2D eigenvalue weighted by molar-refractivity contribution is 5.69. The predicted molar refractivity (Wildman–Crippen MR) is 89.4 cm³/mol. The molecule has 0 N–H and O–H groups in total. The number of aryl methyl sites for hydroxylation is 4. The van der Waals surface area contributed by atoms with Crippen molar-refractivity contribution in [3.05, 3.63) is 57.6 Å². The maximum absolute atomic E-state index is 2.30. The molecule has 0 radical (unpaired) electrons. The lowest BCUT2D eigenvalue weighted by Crippen LogP contribution is -2.12. The minimum Gasteiger partial charge on any atom is -0.344 e. The Kier molecular flexibility index (Phi) is 3.89. The van der Waals surface area contributed by atoms with Gasteiger partial charge in [0.2, 0.25) is 0 Å². The highest BCUT2D eigenvalue weighted by atomic mass is 15.1. The number of hydrogen-bond donors (Lipinski definition) is 0. The molecule has 1 nitrogen and oxygen atoms in total. The third kappa shape index (κ3) is 2.58. The standard InChI is InChI=1S/C19H25N/c1-12-8-13(2)17(6)19(9-12)20(7)18-10-14(3)16(5)15(4)11-18/h8-11H,1-7H3. The van der Waals surface area contributed by atoms with Crippen LogP contribution in [0.2, 0.25) is 0 Å². The first-order valence-corrected chi connectivity index (χ1v) is 7.20. The van der Waals surface area contributed by atoms with Gasteiger partial charge in [-0.2, -0.15) is 0 Å². The zero-order valence-electron chi connectivity index (χ0n) is 13.8. The molecule has 0 atom stereocenters. The molecule has 0 aliphatic heterocycles. The Labute approximate surface area is 123 Å². The first kappa shape index (κ1) is 14.6. The van der Waals surface area contributed by atoms with Crippen molar-refractivity contribution in [1.29, 1.82) is 0 Å².